The SMILES string of the molecule is O=C(C1CCC1)N1CCCC(C(O)Cc2ccc3c(c2)CCN(C2CCC2)CC3)C1. The Morgan fingerprint density at radius 3 is 2.43 bits per heavy atom. The van der Waals surface area contributed by atoms with Crippen molar-refractivity contribution < 1.29 is 9.90 Å². The Bertz CT molecular complexity index is 755. The van der Waals surface area contributed by atoms with Crippen LogP contribution in [0.2, 0.25) is 0 Å². The van der Waals surface area contributed by atoms with Crippen LogP contribution in [-0.2, 0) is 24.1 Å². The molecule has 164 valence electrons. The van der Waals surface area contributed by atoms with E-state index in [1.165, 1.54) is 55.5 Å². The third-order valence-corrected chi connectivity index (χ3v) is 8.41. The molecule has 1 aromatic carbocycles. The normalized spacial score (nSPS) is 27.0. The van der Waals surface area contributed by atoms with E-state index in [2.05, 4.69) is 23.1 Å². The lowest BCUT2D eigenvalue weighted by Crippen LogP contribution is -2.47. The zero-order valence-corrected chi connectivity index (χ0v) is 18.4. The van der Waals surface area contributed by atoms with Gasteiger partial charge in [-0.2, -0.15) is 0 Å². The van der Waals surface area contributed by atoms with Crippen molar-refractivity contribution >= 4 is 5.91 Å². The molecule has 2 saturated carbocycles. The van der Waals surface area contributed by atoms with E-state index in [4.69, 9.17) is 0 Å². The molecule has 30 heavy (non-hydrogen) atoms. The van der Waals surface area contributed by atoms with Crippen LogP contribution in [0.5, 0.6) is 0 Å². The third-order valence-electron chi connectivity index (χ3n) is 8.41. The summed E-state index contributed by atoms with van der Waals surface area (Å²) in [6, 6.07) is 7.75. The van der Waals surface area contributed by atoms with Gasteiger partial charge in [-0.25, -0.2) is 0 Å². The molecule has 0 bridgehead atoms. The number of rotatable bonds is 5. The summed E-state index contributed by atoms with van der Waals surface area (Å²) in [5, 5.41) is 11.0. The minimum atomic E-state index is -0.350. The minimum Gasteiger partial charge on any atom is -0.392 e. The Balaban J connectivity index is 1.18. The van der Waals surface area contributed by atoms with Crippen molar-refractivity contribution in [3.63, 3.8) is 0 Å². The van der Waals surface area contributed by atoms with Gasteiger partial charge in [0, 0.05) is 44.1 Å². The largest absolute Gasteiger partial charge is 0.392 e. The number of piperidine rings is 1. The number of hydrogen-bond donors (Lipinski definition) is 1. The van der Waals surface area contributed by atoms with Gasteiger partial charge in [0.05, 0.1) is 6.10 Å². The Morgan fingerprint density at radius 2 is 1.73 bits per heavy atom. The summed E-state index contributed by atoms with van der Waals surface area (Å²) in [5.41, 5.74) is 4.26. The predicted octanol–water partition coefficient (Wildman–Crippen LogP) is 3.58. The van der Waals surface area contributed by atoms with Gasteiger partial charge in [0.1, 0.15) is 0 Å². The van der Waals surface area contributed by atoms with E-state index in [9.17, 15) is 9.90 Å². The Morgan fingerprint density at radius 1 is 0.967 bits per heavy atom. The molecular weight excluding hydrogens is 372 g/mol. The number of nitrogens with zero attached hydrogens (tertiary/aromatic N) is 2. The van der Waals surface area contributed by atoms with Crippen molar-refractivity contribution in [2.75, 3.05) is 26.2 Å². The van der Waals surface area contributed by atoms with Crippen molar-refractivity contribution in [3.05, 3.63) is 34.9 Å². The molecule has 0 aromatic heterocycles. The molecule has 4 heteroatoms. The second-order valence-corrected chi connectivity index (χ2v) is 10.3. The molecule has 4 nitrogen and oxygen atoms in total. The van der Waals surface area contributed by atoms with Gasteiger partial charge in [-0.05, 0) is 74.5 Å². The highest BCUT2D eigenvalue weighted by Crippen LogP contribution is 2.31. The lowest BCUT2D eigenvalue weighted by atomic mass is 9.82. The van der Waals surface area contributed by atoms with E-state index in [1.807, 2.05) is 4.90 Å². The smallest absolute Gasteiger partial charge is 0.225 e. The summed E-state index contributed by atoms with van der Waals surface area (Å²) in [5.74, 6) is 0.833. The Hall–Kier alpha value is -1.39. The van der Waals surface area contributed by atoms with Gasteiger partial charge in [-0.15, -0.1) is 0 Å². The van der Waals surface area contributed by atoms with E-state index in [0.29, 0.717) is 5.91 Å². The summed E-state index contributed by atoms with van der Waals surface area (Å²) < 4.78 is 0. The van der Waals surface area contributed by atoms with Crippen LogP contribution < -0.4 is 0 Å². The summed E-state index contributed by atoms with van der Waals surface area (Å²) in [4.78, 5) is 17.4. The van der Waals surface area contributed by atoms with Crippen molar-refractivity contribution in [2.45, 2.75) is 82.8 Å². The average molecular weight is 411 g/mol. The third kappa shape index (κ3) is 4.31. The van der Waals surface area contributed by atoms with Gasteiger partial charge in [-0.1, -0.05) is 31.0 Å². The maximum absolute atomic E-state index is 12.6. The highest BCUT2D eigenvalue weighted by atomic mass is 16.3. The molecule has 0 spiro atoms. The Kier molecular flexibility index (Phi) is 6.15. The number of carbonyl (C=O) groups excluding carboxylic acids is 1. The first kappa shape index (κ1) is 20.5. The fraction of sp³-hybridized carbons (Fsp3) is 0.731. The molecule has 2 aliphatic carbocycles. The van der Waals surface area contributed by atoms with Crippen LogP contribution in [0, 0.1) is 11.8 Å². The number of amides is 1. The van der Waals surface area contributed by atoms with Crippen molar-refractivity contribution in [1.29, 1.82) is 0 Å². The molecule has 1 amide bonds. The first-order chi connectivity index (χ1) is 14.7. The number of aliphatic hydroxyl groups excluding tert-OH is 1. The number of likely N-dealkylation sites (tertiary alicyclic amines) is 1. The highest BCUT2D eigenvalue weighted by molar-refractivity contribution is 5.79. The summed E-state index contributed by atoms with van der Waals surface area (Å²) >= 11 is 0. The maximum atomic E-state index is 12.6. The van der Waals surface area contributed by atoms with E-state index < -0.39 is 0 Å². The molecule has 4 aliphatic rings. The minimum absolute atomic E-state index is 0.218. The van der Waals surface area contributed by atoms with Crippen molar-refractivity contribution in [1.82, 2.24) is 9.80 Å². The topological polar surface area (TPSA) is 43.8 Å². The zero-order chi connectivity index (χ0) is 20.5. The average Bonchev–Trinajstić information content (AvgIpc) is 2.88. The number of aliphatic hydroxyl groups is 1. The predicted molar refractivity (Wildman–Crippen MR) is 119 cm³/mol. The van der Waals surface area contributed by atoms with Crippen LogP contribution >= 0.6 is 0 Å². The Labute approximate surface area is 181 Å². The molecule has 5 rings (SSSR count). The molecule has 0 radical (unpaired) electrons. The summed E-state index contributed by atoms with van der Waals surface area (Å²) in [6.07, 6.45) is 12.2. The molecular formula is C26H38N2O2. The molecule has 2 atom stereocenters. The zero-order valence-electron chi connectivity index (χ0n) is 18.4. The molecule has 1 N–H and O–H groups in total. The van der Waals surface area contributed by atoms with Crippen molar-refractivity contribution in [3.8, 4) is 0 Å². The number of fused-ring (bicyclic) bond motifs is 1. The molecule has 2 aliphatic heterocycles. The first-order valence-electron chi connectivity index (χ1n) is 12.5. The quantitative estimate of drug-likeness (QED) is 0.807. The number of carbonyl (C=O) groups is 1. The van der Waals surface area contributed by atoms with Gasteiger partial charge >= 0.3 is 0 Å². The van der Waals surface area contributed by atoms with Crippen LogP contribution in [0.25, 0.3) is 0 Å². The highest BCUT2D eigenvalue weighted by Gasteiger charge is 2.34. The number of benzene rings is 1. The molecule has 1 saturated heterocycles. The monoisotopic (exact) mass is 410 g/mol. The molecule has 1 aromatic rings. The fourth-order valence-corrected chi connectivity index (χ4v) is 5.89. The molecule has 3 fully saturated rings. The molecule has 2 heterocycles. The van der Waals surface area contributed by atoms with Gasteiger partial charge in [0.15, 0.2) is 0 Å². The van der Waals surface area contributed by atoms with Crippen LogP contribution in [0.4, 0.5) is 0 Å². The van der Waals surface area contributed by atoms with E-state index in [1.54, 1.807) is 0 Å². The maximum Gasteiger partial charge on any atom is 0.225 e. The van der Waals surface area contributed by atoms with Crippen LogP contribution in [0.1, 0.15) is 68.1 Å². The van der Waals surface area contributed by atoms with Crippen molar-refractivity contribution in [2.24, 2.45) is 11.8 Å². The van der Waals surface area contributed by atoms with Gasteiger partial charge in [0.25, 0.3) is 0 Å². The number of hydrogen-bond acceptors (Lipinski definition) is 3. The van der Waals surface area contributed by atoms with E-state index in [-0.39, 0.29) is 17.9 Å². The second kappa shape index (κ2) is 9.00. The van der Waals surface area contributed by atoms with E-state index >= 15 is 0 Å². The summed E-state index contributed by atoms with van der Waals surface area (Å²) in [6.45, 7) is 4.02. The van der Waals surface area contributed by atoms with Crippen LogP contribution in [0.3, 0.4) is 0 Å². The standard InChI is InChI=1S/C26H38N2O2/c29-25(23-6-3-13-28(18-23)26(30)21-4-1-5-21)17-19-9-10-20-11-14-27(24-7-2-8-24)15-12-22(20)16-19/h9-10,16,21,23-25,29H,1-8,11-15,17-18H2. The molecule has 2 unspecified atom stereocenters. The summed E-state index contributed by atoms with van der Waals surface area (Å²) in [7, 11) is 0. The van der Waals surface area contributed by atoms with Gasteiger partial charge in [-0.3, -0.25) is 9.69 Å². The van der Waals surface area contributed by atoms with Crippen LogP contribution in [-0.4, -0.2) is 59.1 Å². The lowest BCUT2D eigenvalue weighted by Gasteiger charge is -2.38. The van der Waals surface area contributed by atoms with Gasteiger partial charge < -0.3 is 10.0 Å². The van der Waals surface area contributed by atoms with E-state index in [0.717, 1.165) is 64.1 Å². The van der Waals surface area contributed by atoms with Crippen LogP contribution in [0.15, 0.2) is 18.2 Å². The van der Waals surface area contributed by atoms with Gasteiger partial charge in [0.2, 0.25) is 5.91 Å². The first-order valence-corrected chi connectivity index (χ1v) is 12.5. The fourth-order valence-electron chi connectivity index (χ4n) is 5.89. The lowest BCUT2D eigenvalue weighted by molar-refractivity contribution is -0.140. The second-order valence-electron chi connectivity index (χ2n) is 10.3.